The number of halogens is 2. The lowest BCUT2D eigenvalue weighted by molar-refractivity contribution is -0.138. The van der Waals surface area contributed by atoms with Crippen LogP contribution in [-0.2, 0) is 9.59 Å². The van der Waals surface area contributed by atoms with Crippen LogP contribution >= 0.6 is 23.2 Å². The second-order valence-electron chi connectivity index (χ2n) is 3.71. The van der Waals surface area contributed by atoms with Crippen molar-refractivity contribution >= 4 is 40.8 Å². The lowest BCUT2D eigenvalue weighted by Gasteiger charge is -2.14. The number of carbonyl (C=O) groups is 2. The number of benzene rings is 1. The molecule has 1 aromatic rings. The number of hydrogen-bond acceptors (Lipinski definition) is 3. The van der Waals surface area contributed by atoms with Gasteiger partial charge in [-0.15, -0.1) is 0 Å². The van der Waals surface area contributed by atoms with E-state index in [-0.39, 0.29) is 19.0 Å². The average Bonchev–Trinajstić information content (AvgIpc) is 2.22. The number of amides is 1. The fourth-order valence-corrected chi connectivity index (χ4v) is 1.82. The van der Waals surface area contributed by atoms with Crippen molar-refractivity contribution in [2.75, 3.05) is 25.5 Å². The lowest BCUT2D eigenvalue weighted by Crippen LogP contribution is -2.33. The van der Waals surface area contributed by atoms with E-state index in [0.29, 0.717) is 15.7 Å². The predicted molar refractivity (Wildman–Crippen MR) is 70.2 cm³/mol. The van der Waals surface area contributed by atoms with Gasteiger partial charge in [-0.1, -0.05) is 29.3 Å². The molecule has 0 aliphatic carbocycles. The highest BCUT2D eigenvalue weighted by atomic mass is 35.5. The summed E-state index contributed by atoms with van der Waals surface area (Å²) in [6.45, 7) is -0.280. The van der Waals surface area contributed by atoms with Gasteiger partial charge in [-0.05, 0) is 19.2 Å². The molecule has 18 heavy (non-hydrogen) atoms. The van der Waals surface area contributed by atoms with Gasteiger partial charge in [0.05, 0.1) is 28.8 Å². The number of carboxylic acid groups (broad SMARTS) is 1. The number of carboxylic acids is 1. The second kappa shape index (κ2) is 6.58. The van der Waals surface area contributed by atoms with Crippen molar-refractivity contribution in [3.05, 3.63) is 28.2 Å². The number of aliphatic carboxylic acids is 1. The third kappa shape index (κ3) is 4.52. The molecule has 7 heteroatoms. The van der Waals surface area contributed by atoms with Crippen molar-refractivity contribution in [1.29, 1.82) is 0 Å². The molecule has 2 N–H and O–H groups in total. The summed E-state index contributed by atoms with van der Waals surface area (Å²) in [4.78, 5) is 23.5. The third-order valence-corrected chi connectivity index (χ3v) is 2.68. The summed E-state index contributed by atoms with van der Waals surface area (Å²) in [5.74, 6) is -1.38. The summed E-state index contributed by atoms with van der Waals surface area (Å²) in [5, 5.41) is 11.8. The van der Waals surface area contributed by atoms with Crippen molar-refractivity contribution in [2.45, 2.75) is 0 Å². The van der Waals surface area contributed by atoms with E-state index in [1.165, 1.54) is 11.9 Å². The van der Waals surface area contributed by atoms with E-state index in [9.17, 15) is 9.59 Å². The molecule has 5 nitrogen and oxygen atoms in total. The number of carbonyl (C=O) groups excluding carboxylic acids is 1. The Labute approximate surface area is 114 Å². The Bertz CT molecular complexity index is 445. The third-order valence-electron chi connectivity index (χ3n) is 2.05. The van der Waals surface area contributed by atoms with Crippen molar-refractivity contribution < 1.29 is 14.7 Å². The highest BCUT2D eigenvalue weighted by molar-refractivity contribution is 6.39. The first-order chi connectivity index (χ1) is 8.40. The number of para-hydroxylation sites is 1. The van der Waals surface area contributed by atoms with E-state index in [1.807, 2.05) is 0 Å². The zero-order valence-electron chi connectivity index (χ0n) is 9.61. The van der Waals surface area contributed by atoms with E-state index < -0.39 is 5.97 Å². The predicted octanol–water partition coefficient (Wildman–Crippen LogP) is 1.95. The Morgan fingerprint density at radius 3 is 2.33 bits per heavy atom. The molecule has 0 unspecified atom stereocenters. The molecule has 1 rings (SSSR count). The number of nitrogens with one attached hydrogen (secondary N) is 1. The molecule has 0 radical (unpaired) electrons. The first-order valence-electron chi connectivity index (χ1n) is 5.04. The highest BCUT2D eigenvalue weighted by Gasteiger charge is 2.12. The molecule has 0 aromatic heterocycles. The second-order valence-corrected chi connectivity index (χ2v) is 4.53. The SMILES string of the molecule is CN(CC(=O)O)CC(=O)Nc1c(Cl)cccc1Cl. The van der Waals surface area contributed by atoms with Crippen LogP contribution in [0.2, 0.25) is 10.0 Å². The number of nitrogens with zero attached hydrogens (tertiary/aromatic N) is 1. The first kappa shape index (κ1) is 14.8. The minimum atomic E-state index is -0.999. The van der Waals surface area contributed by atoms with Crippen LogP contribution in [-0.4, -0.2) is 42.0 Å². The summed E-state index contributed by atoms with van der Waals surface area (Å²) in [6, 6.07) is 4.87. The molecule has 0 saturated heterocycles. The molecule has 0 heterocycles. The van der Waals surface area contributed by atoms with Crippen molar-refractivity contribution in [1.82, 2.24) is 4.90 Å². The zero-order chi connectivity index (χ0) is 13.7. The fourth-order valence-electron chi connectivity index (χ4n) is 1.33. The summed E-state index contributed by atoms with van der Waals surface area (Å²) in [7, 11) is 1.53. The average molecular weight is 291 g/mol. The summed E-state index contributed by atoms with van der Waals surface area (Å²) < 4.78 is 0. The van der Waals surface area contributed by atoms with Gasteiger partial charge in [0.1, 0.15) is 0 Å². The van der Waals surface area contributed by atoms with Gasteiger partial charge in [0.25, 0.3) is 0 Å². The van der Waals surface area contributed by atoms with Gasteiger partial charge in [-0.3, -0.25) is 14.5 Å². The Hall–Kier alpha value is -1.30. The monoisotopic (exact) mass is 290 g/mol. The van der Waals surface area contributed by atoms with Crippen LogP contribution in [0.4, 0.5) is 5.69 Å². The summed E-state index contributed by atoms with van der Waals surface area (Å²) in [5.41, 5.74) is 0.328. The molecule has 0 spiro atoms. The molecular formula is C11H12Cl2N2O3. The molecule has 98 valence electrons. The van der Waals surface area contributed by atoms with Crippen LogP contribution in [0.5, 0.6) is 0 Å². The van der Waals surface area contributed by atoms with Gasteiger partial charge in [0.15, 0.2) is 0 Å². The van der Waals surface area contributed by atoms with Crippen LogP contribution < -0.4 is 5.32 Å². The van der Waals surface area contributed by atoms with E-state index in [1.54, 1.807) is 18.2 Å². The smallest absolute Gasteiger partial charge is 0.317 e. The molecule has 1 amide bonds. The highest BCUT2D eigenvalue weighted by Crippen LogP contribution is 2.29. The Morgan fingerprint density at radius 1 is 1.28 bits per heavy atom. The van der Waals surface area contributed by atoms with Gasteiger partial charge >= 0.3 is 5.97 Å². The molecule has 0 saturated carbocycles. The van der Waals surface area contributed by atoms with Crippen LogP contribution in [0.15, 0.2) is 18.2 Å². The standard InChI is InChI=1S/C11H12Cl2N2O3/c1-15(6-10(17)18)5-9(16)14-11-7(12)3-2-4-8(11)13/h2-4H,5-6H2,1H3,(H,14,16)(H,17,18). The maximum absolute atomic E-state index is 11.6. The molecule has 1 aromatic carbocycles. The minimum absolute atomic E-state index is 0.0617. The number of hydrogen-bond donors (Lipinski definition) is 2. The quantitative estimate of drug-likeness (QED) is 0.870. The maximum Gasteiger partial charge on any atom is 0.317 e. The molecule has 0 atom stereocenters. The molecule has 0 fully saturated rings. The van der Waals surface area contributed by atoms with E-state index >= 15 is 0 Å². The van der Waals surface area contributed by atoms with E-state index in [2.05, 4.69) is 5.32 Å². The van der Waals surface area contributed by atoms with Gasteiger partial charge in [-0.25, -0.2) is 0 Å². The lowest BCUT2D eigenvalue weighted by atomic mass is 10.3. The number of likely N-dealkylation sites (N-methyl/N-ethyl adjacent to an activating group) is 1. The van der Waals surface area contributed by atoms with Crippen molar-refractivity contribution in [3.8, 4) is 0 Å². The van der Waals surface area contributed by atoms with Crippen LogP contribution in [0.3, 0.4) is 0 Å². The maximum atomic E-state index is 11.6. The number of rotatable bonds is 5. The van der Waals surface area contributed by atoms with Crippen molar-refractivity contribution in [3.63, 3.8) is 0 Å². The van der Waals surface area contributed by atoms with Gasteiger partial charge < -0.3 is 10.4 Å². The minimum Gasteiger partial charge on any atom is -0.480 e. The van der Waals surface area contributed by atoms with E-state index in [4.69, 9.17) is 28.3 Å². The Balaban J connectivity index is 2.62. The Kier molecular flexibility index (Phi) is 5.40. The summed E-state index contributed by atoms with van der Waals surface area (Å²) >= 11 is 11.8. The number of anilines is 1. The normalized spacial score (nSPS) is 10.4. The first-order valence-corrected chi connectivity index (χ1v) is 5.80. The topological polar surface area (TPSA) is 69.6 Å². The van der Waals surface area contributed by atoms with Gasteiger partial charge in [0.2, 0.25) is 5.91 Å². The fraction of sp³-hybridized carbons (Fsp3) is 0.273. The van der Waals surface area contributed by atoms with Gasteiger partial charge in [-0.2, -0.15) is 0 Å². The molecule has 0 aliphatic rings. The summed E-state index contributed by atoms with van der Waals surface area (Å²) in [6.07, 6.45) is 0. The zero-order valence-corrected chi connectivity index (χ0v) is 11.1. The van der Waals surface area contributed by atoms with E-state index in [0.717, 1.165) is 0 Å². The largest absolute Gasteiger partial charge is 0.480 e. The molecular weight excluding hydrogens is 279 g/mol. The van der Waals surface area contributed by atoms with Crippen LogP contribution in [0.25, 0.3) is 0 Å². The van der Waals surface area contributed by atoms with Crippen LogP contribution in [0.1, 0.15) is 0 Å². The molecule has 0 bridgehead atoms. The Morgan fingerprint density at radius 2 is 1.83 bits per heavy atom. The van der Waals surface area contributed by atoms with Gasteiger partial charge in [0, 0.05) is 0 Å². The van der Waals surface area contributed by atoms with Crippen molar-refractivity contribution in [2.24, 2.45) is 0 Å². The van der Waals surface area contributed by atoms with Crippen LogP contribution in [0, 0.1) is 0 Å². The molecule has 0 aliphatic heterocycles.